The highest BCUT2D eigenvalue weighted by atomic mass is 16.6. The number of phenols is 1. The third-order valence-electron chi connectivity index (χ3n) is 28.4. The average molecular weight is 1860 g/mol. The molecule has 12 heteroatoms. The van der Waals surface area contributed by atoms with Crippen molar-refractivity contribution in [1.82, 2.24) is 9.97 Å². The largest absolute Gasteiger partial charge is 0.507 e. The van der Waals surface area contributed by atoms with Crippen molar-refractivity contribution in [3.8, 4) is 85.3 Å². The molecule has 0 spiro atoms. The van der Waals surface area contributed by atoms with Crippen LogP contribution in [0.4, 0.5) is 5.69 Å². The Balaban J connectivity index is 1.43. The number of nitrogens with one attached hydrogen (secondary N) is 2. The maximum atomic E-state index is 13.2. The number of nitro groups is 1. The molecule has 0 unspecified atom stereocenters. The maximum absolute atomic E-state index is 13.2. The topological polar surface area (TPSA) is 150 Å². The Labute approximate surface area is 825 Å². The molecule has 0 atom stereocenters. The Hall–Kier alpha value is -5.78. The molecule has 0 aliphatic rings. The first-order valence-electron chi connectivity index (χ1n) is 58.8. The van der Waals surface area contributed by atoms with E-state index < -0.39 is 0 Å². The monoisotopic (exact) mass is 1860 g/mol. The molecule has 134 heavy (non-hydrogen) atoms. The quantitative estimate of drug-likeness (QED) is 0.0196. The lowest BCUT2D eigenvalue weighted by atomic mass is 10.0. The molecular weight excluding hydrogens is 1650 g/mol. The van der Waals surface area contributed by atoms with Crippen molar-refractivity contribution in [3.05, 3.63) is 70.8 Å². The van der Waals surface area contributed by atoms with E-state index in [-0.39, 0.29) is 16.4 Å². The smallest absolute Gasteiger partial charge is 0.271 e. The summed E-state index contributed by atoms with van der Waals surface area (Å²) in [5.74, 6) is 3.97. The number of H-pyrrole nitrogens is 2. The number of aromatic hydroxyl groups is 1. The van der Waals surface area contributed by atoms with Crippen LogP contribution in [0.5, 0.6) is 40.2 Å². The second kappa shape index (κ2) is 86.3. The molecule has 0 aliphatic heterocycles. The first kappa shape index (κ1) is 119. The third-order valence-corrected chi connectivity index (χ3v) is 28.4. The van der Waals surface area contributed by atoms with Gasteiger partial charge in [0.1, 0.15) is 5.75 Å². The van der Waals surface area contributed by atoms with E-state index in [1.807, 2.05) is 24.3 Å². The normalized spacial score (nSPS) is 11.6. The van der Waals surface area contributed by atoms with E-state index in [1.54, 1.807) is 0 Å². The minimum atomic E-state index is -0.360. The van der Waals surface area contributed by atoms with E-state index in [1.165, 1.54) is 474 Å². The fraction of sp³-hybridized carbons (Fsp3) is 0.787. The van der Waals surface area contributed by atoms with Gasteiger partial charge in [0.2, 0.25) is 11.5 Å². The Bertz CT molecular complexity index is 3140. The zero-order valence-electron chi connectivity index (χ0n) is 88.6. The van der Waals surface area contributed by atoms with Crippen LogP contribution >= 0.6 is 0 Å². The summed E-state index contributed by atoms with van der Waals surface area (Å²) in [5.41, 5.74) is 4.86. The lowest BCUT2D eigenvalue weighted by molar-refractivity contribution is -0.384. The molecule has 3 N–H and O–H groups in total. The fourth-order valence-electron chi connectivity index (χ4n) is 19.6. The first-order chi connectivity index (χ1) is 66.3. The first-order valence-corrected chi connectivity index (χ1v) is 58.8. The highest BCUT2D eigenvalue weighted by Gasteiger charge is 2.25. The third kappa shape index (κ3) is 59.6. The number of aromatic amines is 2. The second-order valence-corrected chi connectivity index (χ2v) is 41.0. The number of nitro benzene ring substituents is 1. The van der Waals surface area contributed by atoms with Crippen LogP contribution < -0.4 is 28.4 Å². The summed E-state index contributed by atoms with van der Waals surface area (Å²) in [6.07, 6.45) is 109. The summed E-state index contributed by atoms with van der Waals surface area (Å²) in [4.78, 5) is 20.2. The zero-order valence-corrected chi connectivity index (χ0v) is 88.6. The summed E-state index contributed by atoms with van der Waals surface area (Å²) in [5, 5.41) is 26.0. The molecule has 0 saturated heterocycles. The van der Waals surface area contributed by atoms with Crippen molar-refractivity contribution < 1.29 is 38.5 Å². The molecule has 0 amide bonds. The van der Waals surface area contributed by atoms with E-state index >= 15 is 0 Å². The Morgan fingerprint density at radius 1 is 0.216 bits per heavy atom. The number of ether oxygens (including phenoxy) is 6. The van der Waals surface area contributed by atoms with Crippen molar-refractivity contribution in [2.24, 2.45) is 0 Å². The number of hydrogen-bond acceptors (Lipinski definition) is 9. The number of unbranched alkanes of at least 4 members (excludes halogenated alkanes) is 78. The van der Waals surface area contributed by atoms with Crippen molar-refractivity contribution >= 4 is 5.69 Å². The van der Waals surface area contributed by atoms with Gasteiger partial charge in [-0.3, -0.25) is 10.1 Å². The van der Waals surface area contributed by atoms with Gasteiger partial charge in [0.25, 0.3) is 5.69 Å². The highest BCUT2D eigenvalue weighted by molar-refractivity contribution is 5.85. The molecule has 0 radical (unpaired) electrons. The van der Waals surface area contributed by atoms with Gasteiger partial charge in [-0.15, -0.1) is 0 Å². The maximum Gasteiger partial charge on any atom is 0.271 e. The number of non-ortho nitro benzene ring substituents is 1. The van der Waals surface area contributed by atoms with E-state index in [2.05, 4.69) is 75.8 Å². The van der Waals surface area contributed by atoms with Gasteiger partial charge in [0, 0.05) is 57.2 Å². The predicted octanol–water partition coefficient (Wildman–Crippen LogP) is 41.8. The number of rotatable bonds is 101. The Morgan fingerprint density at radius 2 is 0.366 bits per heavy atom. The van der Waals surface area contributed by atoms with Crippen LogP contribution in [-0.4, -0.2) is 59.6 Å². The van der Waals surface area contributed by atoms with E-state index in [9.17, 15) is 15.2 Å². The van der Waals surface area contributed by atoms with Gasteiger partial charge in [-0.2, -0.15) is 0 Å². The molecule has 3 aromatic carbocycles. The van der Waals surface area contributed by atoms with E-state index in [4.69, 9.17) is 28.4 Å². The lowest BCUT2D eigenvalue weighted by Gasteiger charge is -2.19. The number of aromatic nitrogens is 2. The van der Waals surface area contributed by atoms with E-state index in [0.29, 0.717) is 96.7 Å². The molecule has 12 nitrogen and oxygen atoms in total. The number of hydrogen-bond donors (Lipinski definition) is 3. The summed E-state index contributed by atoms with van der Waals surface area (Å²) < 4.78 is 41.5. The van der Waals surface area contributed by atoms with Crippen molar-refractivity contribution in [2.45, 2.75) is 581 Å². The molecule has 5 rings (SSSR count). The zero-order chi connectivity index (χ0) is 95.2. The molecule has 5 aromatic rings. The van der Waals surface area contributed by atoms with Crippen LogP contribution in [0.3, 0.4) is 0 Å². The Kier molecular flexibility index (Phi) is 76.5. The molecular formula is C122H211N3O9. The summed E-state index contributed by atoms with van der Waals surface area (Å²) in [7, 11) is 0. The minimum absolute atomic E-state index is 0.0688. The predicted molar refractivity (Wildman–Crippen MR) is 580 cm³/mol. The summed E-state index contributed by atoms with van der Waals surface area (Å²) >= 11 is 0. The van der Waals surface area contributed by atoms with Crippen molar-refractivity contribution in [3.63, 3.8) is 0 Å². The minimum Gasteiger partial charge on any atom is -0.507 e. The van der Waals surface area contributed by atoms with Crippen LogP contribution in [0.25, 0.3) is 45.0 Å². The van der Waals surface area contributed by atoms with Crippen LogP contribution in [-0.2, 0) is 0 Å². The molecule has 0 saturated carbocycles. The average Bonchev–Trinajstić information content (AvgIpc) is 1.60. The van der Waals surface area contributed by atoms with Gasteiger partial charge in [-0.05, 0) is 87.1 Å². The van der Waals surface area contributed by atoms with Gasteiger partial charge in [0.15, 0.2) is 23.0 Å². The SMILES string of the molecule is CCCCCCCCCCCCCCCCOc1cc(-c2ccc(-c3cc([N+](=O)[O-])cc(-c4ccc(-c5cc(OCCCCCCCCCCCCCCCC)c(OCCCCCCCCCCCCCCCC)c(OCCCCCCCCCCCCCCCC)c5)[nH]4)c3O)[nH]2)cc(OCCCCCCCCCCCCCCCC)c1OCCCCCCCCCCCCCCCC. The molecule has 0 bridgehead atoms. The second-order valence-electron chi connectivity index (χ2n) is 41.0. The highest BCUT2D eigenvalue weighted by Crippen LogP contribution is 2.47. The van der Waals surface area contributed by atoms with Crippen molar-refractivity contribution in [1.29, 1.82) is 0 Å². The van der Waals surface area contributed by atoms with Gasteiger partial charge in [-0.1, -0.05) is 542 Å². The number of nitrogens with zero attached hydrogens (tertiary/aromatic N) is 1. The number of phenolic OH excluding ortho intramolecular Hbond substituents is 1. The van der Waals surface area contributed by atoms with Gasteiger partial charge < -0.3 is 43.5 Å². The van der Waals surface area contributed by atoms with Gasteiger partial charge in [-0.25, -0.2) is 0 Å². The number of benzene rings is 3. The van der Waals surface area contributed by atoms with Gasteiger partial charge >= 0.3 is 0 Å². The summed E-state index contributed by atoms with van der Waals surface area (Å²) in [6.45, 7) is 17.2. The molecule has 2 aromatic heterocycles. The van der Waals surface area contributed by atoms with Crippen LogP contribution in [0.2, 0.25) is 0 Å². The molecule has 2 heterocycles. The van der Waals surface area contributed by atoms with Gasteiger partial charge in [0.05, 0.1) is 44.6 Å². The molecule has 0 aliphatic carbocycles. The fourth-order valence-corrected chi connectivity index (χ4v) is 19.6. The molecule has 0 fully saturated rings. The van der Waals surface area contributed by atoms with Crippen molar-refractivity contribution in [2.75, 3.05) is 39.6 Å². The Morgan fingerprint density at radius 3 is 0.530 bits per heavy atom. The molecule has 768 valence electrons. The van der Waals surface area contributed by atoms with E-state index in [0.717, 1.165) is 99.6 Å². The standard InChI is InChI=1S/C122H211N3O9/c1-7-13-19-25-31-37-43-49-55-61-67-73-79-85-95-129-116-101-107(102-117(130-96-86-80-74-68-62-56-50-44-38-32-26-20-14-8-2)121(116)133-99-89-83-77-71-65-59-53-47-41-35-29-23-17-11-5)112-91-93-114(123-112)110-105-109(125(127)128)106-111(120(110)126)115-94-92-113(124-115)108-103-118(131-97-87-81-75-69-63-57-51-45-39-33-27-21-15-9-3)122(134-100-90-84-78-72-66-60-54-48-42-36-30-24-18-12-6)119(104-108)132-98-88-82-76-70-64-58-52-46-40-34-28-22-16-10-4/h91-94,101-106,123-124,126H,7-90,95-100H2,1-6H3. The van der Waals surface area contributed by atoms with Crippen LogP contribution in [0, 0.1) is 10.1 Å². The van der Waals surface area contributed by atoms with Crippen LogP contribution in [0.1, 0.15) is 581 Å². The summed E-state index contributed by atoms with van der Waals surface area (Å²) in [6, 6.07) is 19.2. The lowest BCUT2D eigenvalue weighted by Crippen LogP contribution is -2.07. The van der Waals surface area contributed by atoms with Crippen LogP contribution in [0.15, 0.2) is 60.7 Å².